The molecule has 0 aliphatic carbocycles. The summed E-state index contributed by atoms with van der Waals surface area (Å²) in [7, 11) is 0. The van der Waals surface area contributed by atoms with Crippen molar-refractivity contribution >= 4 is 0 Å². The van der Waals surface area contributed by atoms with Crippen LogP contribution in [0.4, 0.5) is 0 Å². The van der Waals surface area contributed by atoms with Gasteiger partial charge in [-0.25, -0.2) is 0 Å². The Balaban J connectivity index is 2.10. The van der Waals surface area contributed by atoms with Crippen molar-refractivity contribution in [2.45, 2.75) is 70.2 Å². The molecule has 0 bridgehead atoms. The van der Waals surface area contributed by atoms with Crippen molar-refractivity contribution in [2.75, 3.05) is 6.61 Å². The Hall–Kier alpha value is -0.160. The van der Waals surface area contributed by atoms with E-state index in [2.05, 4.69) is 6.92 Å². The average molecular weight is 230 g/mol. The molecule has 2 aliphatic heterocycles. The molecule has 2 fully saturated rings. The molecule has 0 unspecified atom stereocenters. The highest BCUT2D eigenvalue weighted by Gasteiger charge is 2.59. The molecule has 3 atom stereocenters. The summed E-state index contributed by atoms with van der Waals surface area (Å²) in [5, 5.41) is 8.94. The minimum atomic E-state index is -0.618. The topological polar surface area (TPSA) is 47.9 Å². The summed E-state index contributed by atoms with van der Waals surface area (Å²) in [5.74, 6) is -1.19. The van der Waals surface area contributed by atoms with Crippen molar-refractivity contribution in [2.24, 2.45) is 0 Å². The third kappa shape index (κ3) is 2.12. The number of ether oxygens (including phenoxy) is 3. The first-order chi connectivity index (χ1) is 7.51. The largest absolute Gasteiger partial charge is 0.396 e. The van der Waals surface area contributed by atoms with Crippen LogP contribution in [0.25, 0.3) is 0 Å². The Labute approximate surface area is 96.9 Å². The van der Waals surface area contributed by atoms with Crippen LogP contribution in [0.5, 0.6) is 0 Å². The van der Waals surface area contributed by atoms with Gasteiger partial charge in [0, 0.05) is 19.4 Å². The third-order valence-electron chi connectivity index (χ3n) is 3.32. The molecular weight excluding hydrogens is 208 g/mol. The SMILES string of the molecule is CC[C@H]1C[C@@H]2OC(C)(C)O[C@]2(CCCO)O1. The van der Waals surface area contributed by atoms with Gasteiger partial charge in [0.1, 0.15) is 6.10 Å². The highest BCUT2D eigenvalue weighted by Crippen LogP contribution is 2.48. The summed E-state index contributed by atoms with van der Waals surface area (Å²) in [5.41, 5.74) is 0. The molecule has 0 spiro atoms. The van der Waals surface area contributed by atoms with Crippen LogP contribution in [0.1, 0.15) is 46.5 Å². The molecule has 1 N–H and O–H groups in total. The highest BCUT2D eigenvalue weighted by atomic mass is 16.8. The van der Waals surface area contributed by atoms with E-state index in [0.29, 0.717) is 12.8 Å². The minimum Gasteiger partial charge on any atom is -0.396 e. The minimum absolute atomic E-state index is 0.0130. The van der Waals surface area contributed by atoms with Crippen LogP contribution in [-0.2, 0) is 14.2 Å². The molecule has 2 heterocycles. The molecule has 0 aromatic carbocycles. The summed E-state index contributed by atoms with van der Waals surface area (Å²) in [4.78, 5) is 0. The maximum Gasteiger partial charge on any atom is 0.198 e. The summed E-state index contributed by atoms with van der Waals surface area (Å²) in [6.07, 6.45) is 3.50. The van der Waals surface area contributed by atoms with E-state index in [9.17, 15) is 0 Å². The first kappa shape index (κ1) is 12.3. The molecule has 0 aromatic heterocycles. The zero-order valence-corrected chi connectivity index (χ0v) is 10.4. The summed E-state index contributed by atoms with van der Waals surface area (Å²) in [6, 6.07) is 0. The highest BCUT2D eigenvalue weighted by molar-refractivity contribution is 4.96. The van der Waals surface area contributed by atoms with Gasteiger partial charge in [0.25, 0.3) is 0 Å². The Morgan fingerprint density at radius 1 is 1.31 bits per heavy atom. The molecule has 4 heteroatoms. The van der Waals surface area contributed by atoms with E-state index in [1.54, 1.807) is 0 Å². The van der Waals surface area contributed by atoms with Gasteiger partial charge in [-0.05, 0) is 26.7 Å². The van der Waals surface area contributed by atoms with Crippen molar-refractivity contribution in [1.29, 1.82) is 0 Å². The van der Waals surface area contributed by atoms with Crippen LogP contribution in [0.2, 0.25) is 0 Å². The molecule has 2 saturated heterocycles. The quantitative estimate of drug-likeness (QED) is 0.800. The van der Waals surface area contributed by atoms with E-state index >= 15 is 0 Å². The molecule has 16 heavy (non-hydrogen) atoms. The lowest BCUT2D eigenvalue weighted by molar-refractivity contribution is -0.262. The smallest absolute Gasteiger partial charge is 0.198 e. The van der Waals surface area contributed by atoms with Crippen molar-refractivity contribution in [3.05, 3.63) is 0 Å². The number of aliphatic hydroxyl groups excluding tert-OH is 1. The zero-order chi connectivity index (χ0) is 11.8. The Morgan fingerprint density at radius 2 is 2.06 bits per heavy atom. The molecular formula is C12H22O4. The molecule has 0 amide bonds. The van der Waals surface area contributed by atoms with Gasteiger partial charge in [0.05, 0.1) is 6.10 Å². The van der Waals surface area contributed by atoms with E-state index in [0.717, 1.165) is 12.8 Å². The normalized spacial score (nSPS) is 41.2. The van der Waals surface area contributed by atoms with E-state index in [1.807, 2.05) is 13.8 Å². The van der Waals surface area contributed by atoms with Gasteiger partial charge in [0.2, 0.25) is 0 Å². The van der Waals surface area contributed by atoms with Crippen LogP contribution < -0.4 is 0 Å². The van der Waals surface area contributed by atoms with Crippen molar-refractivity contribution in [1.82, 2.24) is 0 Å². The molecule has 94 valence electrons. The van der Waals surface area contributed by atoms with Crippen LogP contribution in [-0.4, -0.2) is 35.5 Å². The van der Waals surface area contributed by atoms with Gasteiger partial charge in [-0.3, -0.25) is 0 Å². The maximum atomic E-state index is 8.94. The maximum absolute atomic E-state index is 8.94. The van der Waals surface area contributed by atoms with Crippen LogP contribution >= 0.6 is 0 Å². The second kappa shape index (κ2) is 4.26. The van der Waals surface area contributed by atoms with Gasteiger partial charge in [-0.2, -0.15) is 0 Å². The number of fused-ring (bicyclic) bond motifs is 1. The first-order valence-corrected chi connectivity index (χ1v) is 6.18. The number of hydrogen-bond acceptors (Lipinski definition) is 4. The van der Waals surface area contributed by atoms with Gasteiger partial charge in [-0.15, -0.1) is 0 Å². The number of hydrogen-bond donors (Lipinski definition) is 1. The van der Waals surface area contributed by atoms with Gasteiger partial charge < -0.3 is 19.3 Å². The monoisotopic (exact) mass is 230 g/mol. The second-order valence-electron chi connectivity index (χ2n) is 5.13. The molecule has 0 radical (unpaired) electrons. The predicted octanol–water partition coefficient (Wildman–Crippen LogP) is 1.81. The molecule has 2 rings (SSSR count). The number of aliphatic hydroxyl groups is 1. The fourth-order valence-electron chi connectivity index (χ4n) is 2.68. The van der Waals surface area contributed by atoms with E-state index in [-0.39, 0.29) is 18.8 Å². The lowest BCUT2D eigenvalue weighted by Crippen LogP contribution is -2.38. The Morgan fingerprint density at radius 3 is 2.69 bits per heavy atom. The van der Waals surface area contributed by atoms with Gasteiger partial charge in [-0.1, -0.05) is 6.92 Å². The van der Waals surface area contributed by atoms with Crippen molar-refractivity contribution < 1.29 is 19.3 Å². The lowest BCUT2D eigenvalue weighted by atomic mass is 10.0. The zero-order valence-electron chi connectivity index (χ0n) is 10.4. The van der Waals surface area contributed by atoms with E-state index in [1.165, 1.54) is 0 Å². The van der Waals surface area contributed by atoms with Crippen LogP contribution in [0, 0.1) is 0 Å². The molecule has 0 aromatic rings. The summed E-state index contributed by atoms with van der Waals surface area (Å²) < 4.78 is 17.8. The first-order valence-electron chi connectivity index (χ1n) is 6.18. The average Bonchev–Trinajstić information content (AvgIpc) is 2.63. The lowest BCUT2D eigenvalue weighted by Gasteiger charge is -2.28. The fourth-order valence-corrected chi connectivity index (χ4v) is 2.68. The summed E-state index contributed by atoms with van der Waals surface area (Å²) >= 11 is 0. The third-order valence-corrected chi connectivity index (χ3v) is 3.32. The van der Waals surface area contributed by atoms with Crippen molar-refractivity contribution in [3.8, 4) is 0 Å². The van der Waals surface area contributed by atoms with Gasteiger partial charge in [0.15, 0.2) is 11.6 Å². The Bertz CT molecular complexity index is 253. The van der Waals surface area contributed by atoms with Crippen molar-refractivity contribution in [3.63, 3.8) is 0 Å². The van der Waals surface area contributed by atoms with Gasteiger partial charge >= 0.3 is 0 Å². The van der Waals surface area contributed by atoms with E-state index < -0.39 is 11.6 Å². The standard InChI is InChI=1S/C12H22O4/c1-4-9-8-10-12(14-9,6-5-7-13)16-11(2,3)15-10/h9-10,13H,4-8H2,1-3H3/t9-,10-,12-/m0/s1. The Kier molecular flexibility index (Phi) is 3.27. The predicted molar refractivity (Wildman–Crippen MR) is 58.9 cm³/mol. The summed E-state index contributed by atoms with van der Waals surface area (Å²) in [6.45, 7) is 6.10. The van der Waals surface area contributed by atoms with Crippen LogP contribution in [0.15, 0.2) is 0 Å². The second-order valence-corrected chi connectivity index (χ2v) is 5.13. The number of rotatable bonds is 4. The van der Waals surface area contributed by atoms with E-state index in [4.69, 9.17) is 19.3 Å². The fraction of sp³-hybridized carbons (Fsp3) is 1.00. The van der Waals surface area contributed by atoms with Crippen LogP contribution in [0.3, 0.4) is 0 Å². The molecule has 2 aliphatic rings. The molecule has 0 saturated carbocycles. The molecule has 4 nitrogen and oxygen atoms in total.